The van der Waals surface area contributed by atoms with Gasteiger partial charge in [0.1, 0.15) is 6.26 Å². The van der Waals surface area contributed by atoms with E-state index in [2.05, 4.69) is 30.3 Å². The van der Waals surface area contributed by atoms with E-state index in [0.29, 0.717) is 10.2 Å². The Hall–Kier alpha value is -1.18. The molecule has 0 amide bonds. The molecule has 0 unspecified atom stereocenters. The Bertz CT molecular complexity index is 596. The molecule has 5 nitrogen and oxygen atoms in total. The van der Waals surface area contributed by atoms with Crippen LogP contribution in [0.1, 0.15) is 5.69 Å². The molecule has 1 aromatic carbocycles. The summed E-state index contributed by atoms with van der Waals surface area (Å²) in [5, 5.41) is 3.62. The maximum atomic E-state index is 11.9. The van der Waals surface area contributed by atoms with Crippen molar-refractivity contribution >= 4 is 26.0 Å². The number of nitrogens with one attached hydrogen (secondary N) is 1. The van der Waals surface area contributed by atoms with E-state index in [9.17, 15) is 8.42 Å². The first-order chi connectivity index (χ1) is 8.08. The fraction of sp³-hybridized carbons (Fsp3) is 0.100. The van der Waals surface area contributed by atoms with Gasteiger partial charge >= 0.3 is 0 Å². The molecule has 17 heavy (non-hydrogen) atoms. The third kappa shape index (κ3) is 3.15. The van der Waals surface area contributed by atoms with Crippen molar-refractivity contribution in [3.63, 3.8) is 0 Å². The summed E-state index contributed by atoms with van der Waals surface area (Å²) in [6.45, 7) is 0.103. The first-order valence-electron chi connectivity index (χ1n) is 4.72. The van der Waals surface area contributed by atoms with Crippen LogP contribution in [0.4, 0.5) is 0 Å². The molecule has 0 fully saturated rings. The largest absolute Gasteiger partial charge is 0.364 e. The molecule has 0 aliphatic heterocycles. The number of halogens is 1. The van der Waals surface area contributed by atoms with E-state index in [4.69, 9.17) is 0 Å². The quantitative estimate of drug-likeness (QED) is 0.935. The number of sulfonamides is 1. The van der Waals surface area contributed by atoms with Crippen molar-refractivity contribution < 1.29 is 12.9 Å². The summed E-state index contributed by atoms with van der Waals surface area (Å²) in [7, 11) is -3.52. The lowest BCUT2D eigenvalue weighted by molar-refractivity contribution is 0.411. The van der Waals surface area contributed by atoms with Crippen LogP contribution < -0.4 is 4.72 Å². The molecule has 1 N–H and O–H groups in total. The Morgan fingerprint density at radius 1 is 1.35 bits per heavy atom. The van der Waals surface area contributed by atoms with Crippen molar-refractivity contribution in [1.82, 2.24) is 9.88 Å². The van der Waals surface area contributed by atoms with E-state index in [-0.39, 0.29) is 11.4 Å². The Morgan fingerprint density at radius 2 is 2.18 bits per heavy atom. The van der Waals surface area contributed by atoms with Crippen LogP contribution in [-0.4, -0.2) is 13.6 Å². The first kappa shape index (κ1) is 12.3. The zero-order valence-corrected chi connectivity index (χ0v) is 11.0. The Kier molecular flexibility index (Phi) is 3.60. The lowest BCUT2D eigenvalue weighted by Gasteiger charge is -2.05. The number of hydrogen-bond acceptors (Lipinski definition) is 4. The maximum absolute atomic E-state index is 11.9. The van der Waals surface area contributed by atoms with Crippen LogP contribution in [0.2, 0.25) is 0 Å². The molecule has 1 aromatic heterocycles. The van der Waals surface area contributed by atoms with Crippen LogP contribution in [0, 0.1) is 0 Å². The number of rotatable bonds is 4. The van der Waals surface area contributed by atoms with Crippen molar-refractivity contribution in [1.29, 1.82) is 0 Å². The molecule has 0 radical (unpaired) electrons. The average molecular weight is 317 g/mol. The molecule has 90 valence electrons. The molecule has 0 saturated heterocycles. The molecule has 7 heteroatoms. The van der Waals surface area contributed by atoms with Gasteiger partial charge in [-0.3, -0.25) is 0 Å². The second kappa shape index (κ2) is 4.99. The Balaban J connectivity index is 2.14. The van der Waals surface area contributed by atoms with Crippen LogP contribution in [0.25, 0.3) is 0 Å². The van der Waals surface area contributed by atoms with Crippen LogP contribution >= 0.6 is 15.9 Å². The minimum Gasteiger partial charge on any atom is -0.364 e. The molecule has 1 heterocycles. The van der Waals surface area contributed by atoms with E-state index >= 15 is 0 Å². The topological polar surface area (TPSA) is 72.2 Å². The van der Waals surface area contributed by atoms with E-state index in [1.54, 1.807) is 18.2 Å². The number of benzene rings is 1. The highest BCUT2D eigenvalue weighted by molar-refractivity contribution is 9.10. The highest BCUT2D eigenvalue weighted by Gasteiger charge is 2.14. The van der Waals surface area contributed by atoms with Gasteiger partial charge in [-0.2, -0.15) is 0 Å². The van der Waals surface area contributed by atoms with Gasteiger partial charge in [0.2, 0.25) is 10.0 Å². The molecule has 0 atom stereocenters. The fourth-order valence-corrected chi connectivity index (χ4v) is 2.81. The maximum Gasteiger partial charge on any atom is 0.240 e. The van der Waals surface area contributed by atoms with Crippen LogP contribution in [0.15, 0.2) is 50.5 Å². The molecule has 2 rings (SSSR count). The summed E-state index contributed by atoms with van der Waals surface area (Å²) < 4.78 is 31.5. The van der Waals surface area contributed by atoms with E-state index in [1.165, 1.54) is 18.4 Å². The third-order valence-electron chi connectivity index (χ3n) is 2.04. The summed E-state index contributed by atoms with van der Waals surface area (Å²) >= 11 is 3.22. The smallest absolute Gasteiger partial charge is 0.240 e. The van der Waals surface area contributed by atoms with Crippen molar-refractivity contribution in [2.75, 3.05) is 0 Å². The van der Waals surface area contributed by atoms with Gasteiger partial charge in [-0.25, -0.2) is 13.1 Å². The molecule has 0 aliphatic carbocycles. The standard InChI is InChI=1S/C10H9BrN2O3S/c11-8-2-1-3-10(6-8)17(14,15)12-7-9-4-5-16-13-9/h1-6,12H,7H2. The lowest BCUT2D eigenvalue weighted by atomic mass is 10.4. The highest BCUT2D eigenvalue weighted by Crippen LogP contribution is 2.16. The minimum absolute atomic E-state index is 0.103. The van der Waals surface area contributed by atoms with Gasteiger partial charge in [0.05, 0.1) is 17.1 Å². The molecule has 0 saturated carbocycles. The van der Waals surface area contributed by atoms with E-state index < -0.39 is 10.0 Å². The summed E-state index contributed by atoms with van der Waals surface area (Å²) in [4.78, 5) is 0.204. The van der Waals surface area contributed by atoms with Crippen LogP contribution in [0.3, 0.4) is 0 Å². The number of aromatic nitrogens is 1. The monoisotopic (exact) mass is 316 g/mol. The van der Waals surface area contributed by atoms with Crippen molar-refractivity contribution in [2.45, 2.75) is 11.4 Å². The van der Waals surface area contributed by atoms with Crippen LogP contribution in [-0.2, 0) is 16.6 Å². The van der Waals surface area contributed by atoms with Gasteiger partial charge in [-0.1, -0.05) is 27.2 Å². The van der Waals surface area contributed by atoms with Gasteiger partial charge in [-0.05, 0) is 18.2 Å². The highest BCUT2D eigenvalue weighted by atomic mass is 79.9. The van der Waals surface area contributed by atoms with Gasteiger partial charge < -0.3 is 4.52 Å². The van der Waals surface area contributed by atoms with Crippen molar-refractivity contribution in [3.8, 4) is 0 Å². The van der Waals surface area contributed by atoms with E-state index in [0.717, 1.165) is 0 Å². The lowest BCUT2D eigenvalue weighted by Crippen LogP contribution is -2.23. The second-order valence-corrected chi connectivity index (χ2v) is 5.96. The fourth-order valence-electron chi connectivity index (χ4n) is 1.22. The molecular weight excluding hydrogens is 308 g/mol. The second-order valence-electron chi connectivity index (χ2n) is 3.27. The first-order valence-corrected chi connectivity index (χ1v) is 7.00. The molecule has 0 aliphatic rings. The predicted molar refractivity (Wildman–Crippen MR) is 64.7 cm³/mol. The molecule has 2 aromatic rings. The Labute approximate surface area is 107 Å². The summed E-state index contributed by atoms with van der Waals surface area (Å²) in [5.74, 6) is 0. The predicted octanol–water partition coefficient (Wildman–Crippen LogP) is 1.92. The van der Waals surface area contributed by atoms with E-state index in [1.807, 2.05) is 0 Å². The third-order valence-corrected chi connectivity index (χ3v) is 3.93. The van der Waals surface area contributed by atoms with Gasteiger partial charge in [-0.15, -0.1) is 0 Å². The minimum atomic E-state index is -3.52. The number of hydrogen-bond donors (Lipinski definition) is 1. The van der Waals surface area contributed by atoms with Crippen molar-refractivity contribution in [2.24, 2.45) is 0 Å². The summed E-state index contributed by atoms with van der Waals surface area (Å²) in [6, 6.07) is 8.08. The van der Waals surface area contributed by atoms with Crippen LogP contribution in [0.5, 0.6) is 0 Å². The Morgan fingerprint density at radius 3 is 2.82 bits per heavy atom. The average Bonchev–Trinajstić information content (AvgIpc) is 2.79. The molecule has 0 bridgehead atoms. The van der Waals surface area contributed by atoms with Crippen molar-refractivity contribution in [3.05, 3.63) is 46.8 Å². The summed E-state index contributed by atoms with van der Waals surface area (Å²) in [5.41, 5.74) is 0.531. The SMILES string of the molecule is O=S(=O)(NCc1ccon1)c1cccc(Br)c1. The van der Waals surface area contributed by atoms with Gasteiger partial charge in [0, 0.05) is 10.5 Å². The molecular formula is C10H9BrN2O3S. The van der Waals surface area contributed by atoms with Gasteiger partial charge in [0.25, 0.3) is 0 Å². The zero-order valence-electron chi connectivity index (χ0n) is 8.63. The normalized spacial score (nSPS) is 11.6. The zero-order chi connectivity index (χ0) is 12.3. The summed E-state index contributed by atoms with van der Waals surface area (Å²) in [6.07, 6.45) is 1.39. The molecule has 0 spiro atoms. The number of nitrogens with zero attached hydrogens (tertiary/aromatic N) is 1. The van der Waals surface area contributed by atoms with Gasteiger partial charge in [0.15, 0.2) is 0 Å².